The molecule has 0 atom stereocenters. The maximum absolute atomic E-state index is 6.14. The summed E-state index contributed by atoms with van der Waals surface area (Å²) in [5.74, 6) is 0.753. The summed E-state index contributed by atoms with van der Waals surface area (Å²) in [5.41, 5.74) is 8.90. The molecule has 0 saturated heterocycles. The molecule has 2 aromatic heterocycles. The molecule has 0 bridgehead atoms. The SMILES string of the molecule is Cc1cnc(CSc2nc(-c3ccc(-c4ccccc4)cc3)cn2-c2ccc(Cl)cc2)c(C)c1. The number of hydrogen-bond acceptors (Lipinski definition) is 3. The van der Waals surface area contributed by atoms with E-state index in [1.807, 2.05) is 36.5 Å². The zero-order valence-electron chi connectivity index (χ0n) is 19.1. The van der Waals surface area contributed by atoms with Crippen molar-refractivity contribution in [3.8, 4) is 28.1 Å². The molecule has 0 aliphatic carbocycles. The molecule has 0 N–H and O–H groups in total. The van der Waals surface area contributed by atoms with E-state index in [1.165, 1.54) is 22.3 Å². The van der Waals surface area contributed by atoms with Crippen LogP contribution in [0.5, 0.6) is 0 Å². The molecule has 168 valence electrons. The molecule has 0 unspecified atom stereocenters. The highest BCUT2D eigenvalue weighted by Gasteiger charge is 2.14. The van der Waals surface area contributed by atoms with Gasteiger partial charge in [-0.2, -0.15) is 0 Å². The van der Waals surface area contributed by atoms with Crippen molar-refractivity contribution in [2.45, 2.75) is 24.8 Å². The molecule has 34 heavy (non-hydrogen) atoms. The molecule has 5 rings (SSSR count). The fourth-order valence-electron chi connectivity index (χ4n) is 3.88. The number of rotatable bonds is 6. The van der Waals surface area contributed by atoms with E-state index < -0.39 is 0 Å². The first kappa shape index (κ1) is 22.5. The van der Waals surface area contributed by atoms with Crippen molar-refractivity contribution >= 4 is 23.4 Å². The largest absolute Gasteiger partial charge is 0.294 e. The Bertz CT molecular complexity index is 1410. The number of pyridine rings is 1. The summed E-state index contributed by atoms with van der Waals surface area (Å²) in [6, 6.07) is 29.0. The highest BCUT2D eigenvalue weighted by Crippen LogP contribution is 2.31. The lowest BCUT2D eigenvalue weighted by Crippen LogP contribution is -1.97. The zero-order valence-corrected chi connectivity index (χ0v) is 20.6. The summed E-state index contributed by atoms with van der Waals surface area (Å²) < 4.78 is 2.13. The van der Waals surface area contributed by atoms with Crippen LogP contribution in [-0.2, 0) is 5.75 Å². The van der Waals surface area contributed by atoms with E-state index in [0.717, 1.165) is 33.5 Å². The van der Waals surface area contributed by atoms with Crippen molar-refractivity contribution in [2.24, 2.45) is 0 Å². The van der Waals surface area contributed by atoms with Crippen LogP contribution < -0.4 is 0 Å². The third kappa shape index (κ3) is 4.93. The predicted molar refractivity (Wildman–Crippen MR) is 143 cm³/mol. The van der Waals surface area contributed by atoms with Crippen LogP contribution in [0.25, 0.3) is 28.1 Å². The molecule has 0 aliphatic rings. The van der Waals surface area contributed by atoms with Crippen molar-refractivity contribution in [2.75, 3.05) is 0 Å². The molecule has 5 aromatic rings. The van der Waals surface area contributed by atoms with Gasteiger partial charge >= 0.3 is 0 Å². The van der Waals surface area contributed by atoms with Crippen LogP contribution in [0.4, 0.5) is 0 Å². The quantitative estimate of drug-likeness (QED) is 0.229. The van der Waals surface area contributed by atoms with Gasteiger partial charge in [0.25, 0.3) is 0 Å². The average molecular weight is 482 g/mol. The van der Waals surface area contributed by atoms with Gasteiger partial charge in [0.1, 0.15) is 0 Å². The Hall–Kier alpha value is -3.34. The molecule has 0 radical (unpaired) electrons. The summed E-state index contributed by atoms with van der Waals surface area (Å²) in [6.07, 6.45) is 4.02. The van der Waals surface area contributed by atoms with Gasteiger partial charge in [-0.15, -0.1) is 0 Å². The second kappa shape index (κ2) is 9.88. The lowest BCUT2D eigenvalue weighted by Gasteiger charge is -2.08. The fourth-order valence-corrected chi connectivity index (χ4v) is 5.04. The Labute approximate surface area is 209 Å². The van der Waals surface area contributed by atoms with E-state index in [-0.39, 0.29) is 0 Å². The van der Waals surface area contributed by atoms with E-state index in [9.17, 15) is 0 Å². The number of hydrogen-bond donors (Lipinski definition) is 0. The van der Waals surface area contributed by atoms with Crippen LogP contribution in [-0.4, -0.2) is 14.5 Å². The minimum absolute atomic E-state index is 0.717. The second-order valence-corrected chi connectivity index (χ2v) is 9.64. The summed E-state index contributed by atoms with van der Waals surface area (Å²) in [5, 5.41) is 1.64. The van der Waals surface area contributed by atoms with Gasteiger partial charge < -0.3 is 0 Å². The molecule has 0 fully saturated rings. The van der Waals surface area contributed by atoms with Gasteiger partial charge in [-0.1, -0.05) is 84.0 Å². The molecule has 0 saturated carbocycles. The van der Waals surface area contributed by atoms with Gasteiger partial charge in [-0.25, -0.2) is 4.98 Å². The van der Waals surface area contributed by atoms with E-state index in [4.69, 9.17) is 16.6 Å². The smallest absolute Gasteiger partial charge is 0.173 e. The Balaban J connectivity index is 1.48. The number of thioether (sulfide) groups is 1. The van der Waals surface area contributed by atoms with Crippen LogP contribution in [0.15, 0.2) is 102 Å². The Morgan fingerprint density at radius 2 is 1.50 bits per heavy atom. The molecular weight excluding hydrogens is 458 g/mol. The number of halogens is 1. The summed E-state index contributed by atoms with van der Waals surface area (Å²) in [4.78, 5) is 9.64. The number of aromatic nitrogens is 3. The molecule has 0 amide bonds. The Kier molecular flexibility index (Phi) is 6.52. The number of imidazole rings is 1. The molecule has 3 nitrogen and oxygen atoms in total. The first-order valence-corrected chi connectivity index (χ1v) is 12.5. The minimum atomic E-state index is 0.717. The fraction of sp³-hybridized carbons (Fsp3) is 0.103. The second-order valence-electron chi connectivity index (χ2n) is 8.26. The molecule has 0 aliphatic heterocycles. The predicted octanol–water partition coefficient (Wildman–Crippen LogP) is 8.16. The van der Waals surface area contributed by atoms with Crippen LogP contribution >= 0.6 is 23.4 Å². The highest BCUT2D eigenvalue weighted by atomic mass is 35.5. The van der Waals surface area contributed by atoms with Gasteiger partial charge in [0, 0.05) is 34.4 Å². The molecule has 5 heteroatoms. The third-order valence-corrected chi connectivity index (χ3v) is 6.94. The normalized spacial score (nSPS) is 11.0. The minimum Gasteiger partial charge on any atom is -0.294 e. The third-order valence-electron chi connectivity index (χ3n) is 5.73. The Morgan fingerprint density at radius 1 is 0.824 bits per heavy atom. The summed E-state index contributed by atoms with van der Waals surface area (Å²) in [6.45, 7) is 4.18. The van der Waals surface area contributed by atoms with Crippen LogP contribution in [0.3, 0.4) is 0 Å². The average Bonchev–Trinajstić information content (AvgIpc) is 3.29. The van der Waals surface area contributed by atoms with Crippen molar-refractivity contribution in [3.63, 3.8) is 0 Å². The number of benzene rings is 3. The van der Waals surface area contributed by atoms with Crippen molar-refractivity contribution in [1.82, 2.24) is 14.5 Å². The molecular formula is C29H24ClN3S. The van der Waals surface area contributed by atoms with Crippen LogP contribution in [0.2, 0.25) is 5.02 Å². The number of nitrogens with zero attached hydrogens (tertiary/aromatic N) is 3. The van der Waals surface area contributed by atoms with Crippen molar-refractivity contribution in [3.05, 3.63) is 119 Å². The standard InChI is InChI=1S/C29H24ClN3S/c1-20-16-21(2)28(31-17-20)19-34-29-32-27(18-33(29)26-14-12-25(30)13-15-26)24-10-8-23(9-11-24)22-6-4-3-5-7-22/h3-18H,19H2,1-2H3. The van der Waals surface area contributed by atoms with Crippen LogP contribution in [0, 0.1) is 13.8 Å². The molecule has 2 heterocycles. The monoisotopic (exact) mass is 481 g/mol. The maximum Gasteiger partial charge on any atom is 0.173 e. The van der Waals surface area contributed by atoms with Gasteiger partial charge in [0.05, 0.1) is 11.4 Å². The van der Waals surface area contributed by atoms with Crippen molar-refractivity contribution in [1.29, 1.82) is 0 Å². The van der Waals surface area contributed by atoms with Gasteiger partial charge in [-0.05, 0) is 60.4 Å². The van der Waals surface area contributed by atoms with Gasteiger partial charge in [0.2, 0.25) is 0 Å². The first-order valence-electron chi connectivity index (χ1n) is 11.1. The summed E-state index contributed by atoms with van der Waals surface area (Å²) in [7, 11) is 0. The number of aryl methyl sites for hydroxylation is 2. The zero-order chi connectivity index (χ0) is 23.5. The van der Waals surface area contributed by atoms with Crippen molar-refractivity contribution < 1.29 is 0 Å². The first-order chi connectivity index (χ1) is 16.6. The summed E-state index contributed by atoms with van der Waals surface area (Å²) >= 11 is 7.83. The van der Waals surface area contributed by atoms with E-state index in [0.29, 0.717) is 5.02 Å². The van der Waals surface area contributed by atoms with E-state index >= 15 is 0 Å². The van der Waals surface area contributed by atoms with E-state index in [1.54, 1.807) is 11.8 Å². The van der Waals surface area contributed by atoms with Crippen LogP contribution in [0.1, 0.15) is 16.8 Å². The molecule has 0 spiro atoms. The van der Waals surface area contributed by atoms with Gasteiger partial charge in [-0.3, -0.25) is 9.55 Å². The van der Waals surface area contributed by atoms with Gasteiger partial charge in [0.15, 0.2) is 5.16 Å². The highest BCUT2D eigenvalue weighted by molar-refractivity contribution is 7.98. The maximum atomic E-state index is 6.14. The lowest BCUT2D eigenvalue weighted by molar-refractivity contribution is 0.894. The molecule has 3 aromatic carbocycles. The van der Waals surface area contributed by atoms with E-state index in [2.05, 4.69) is 84.2 Å². The topological polar surface area (TPSA) is 30.7 Å². The lowest BCUT2D eigenvalue weighted by atomic mass is 10.0. The Morgan fingerprint density at radius 3 is 2.21 bits per heavy atom.